The topological polar surface area (TPSA) is 71.3 Å². The van der Waals surface area contributed by atoms with Crippen LogP contribution in [0.25, 0.3) is 10.9 Å². The summed E-state index contributed by atoms with van der Waals surface area (Å²) in [6.07, 6.45) is 1.55. The number of nitrogens with zero attached hydrogens (tertiary/aromatic N) is 3. The Kier molecular flexibility index (Phi) is 2.88. The van der Waals surface area contributed by atoms with Gasteiger partial charge < -0.3 is 5.43 Å². The molecule has 1 aromatic heterocycles. The van der Waals surface area contributed by atoms with Crippen LogP contribution in [0.1, 0.15) is 0 Å². The van der Waals surface area contributed by atoms with Gasteiger partial charge >= 0.3 is 0 Å². The zero-order valence-electron chi connectivity index (χ0n) is 9.54. The van der Waals surface area contributed by atoms with Crippen molar-refractivity contribution in [1.29, 1.82) is 0 Å². The molecule has 6 heteroatoms. The molecule has 2 aromatic rings. The minimum Gasteiger partial charge on any atom is -0.319 e. The second-order valence-corrected chi connectivity index (χ2v) is 3.80. The van der Waals surface area contributed by atoms with Gasteiger partial charge in [0.05, 0.1) is 10.6 Å². The van der Waals surface area contributed by atoms with E-state index in [9.17, 15) is 10.1 Å². The van der Waals surface area contributed by atoms with Gasteiger partial charge in [-0.25, -0.2) is 9.99 Å². The summed E-state index contributed by atoms with van der Waals surface area (Å²) in [4.78, 5) is 14.5. The molecule has 17 heavy (non-hydrogen) atoms. The van der Waals surface area contributed by atoms with E-state index in [0.29, 0.717) is 5.52 Å². The first kappa shape index (κ1) is 11.3. The van der Waals surface area contributed by atoms with Crippen LogP contribution in [-0.2, 0) is 0 Å². The zero-order valence-corrected chi connectivity index (χ0v) is 9.54. The molecule has 0 aliphatic rings. The van der Waals surface area contributed by atoms with E-state index in [1.165, 1.54) is 6.07 Å². The summed E-state index contributed by atoms with van der Waals surface area (Å²) in [6, 6.07) is 6.71. The molecule has 6 nitrogen and oxygen atoms in total. The van der Waals surface area contributed by atoms with E-state index in [1.807, 2.05) is 14.1 Å². The quantitative estimate of drug-likeness (QED) is 0.647. The summed E-state index contributed by atoms with van der Waals surface area (Å²) in [5.41, 5.74) is 4.29. The Morgan fingerprint density at radius 1 is 1.35 bits per heavy atom. The van der Waals surface area contributed by atoms with Gasteiger partial charge in [0.1, 0.15) is 5.52 Å². The lowest BCUT2D eigenvalue weighted by Gasteiger charge is -2.15. The van der Waals surface area contributed by atoms with Gasteiger partial charge in [-0.2, -0.15) is 0 Å². The third-order valence-corrected chi connectivity index (χ3v) is 2.29. The Bertz CT molecular complexity index is 568. The molecular formula is C11H12N4O2. The van der Waals surface area contributed by atoms with Crippen molar-refractivity contribution >= 4 is 22.3 Å². The molecular weight excluding hydrogens is 220 g/mol. The molecule has 0 aliphatic heterocycles. The highest BCUT2D eigenvalue weighted by Crippen LogP contribution is 2.29. The second-order valence-electron chi connectivity index (χ2n) is 3.80. The SMILES string of the molecule is CN(C)Nc1ccc([N+](=O)[O-])c2ncccc12. The summed E-state index contributed by atoms with van der Waals surface area (Å²) in [7, 11) is 3.70. The molecule has 88 valence electrons. The maximum Gasteiger partial charge on any atom is 0.295 e. The number of nitrogens with one attached hydrogen (secondary N) is 1. The number of pyridine rings is 1. The second kappa shape index (κ2) is 4.34. The molecule has 0 saturated heterocycles. The summed E-state index contributed by atoms with van der Waals surface area (Å²) in [5.74, 6) is 0. The largest absolute Gasteiger partial charge is 0.319 e. The molecule has 1 N–H and O–H groups in total. The lowest BCUT2D eigenvalue weighted by atomic mass is 10.1. The fourth-order valence-corrected chi connectivity index (χ4v) is 1.64. The predicted octanol–water partition coefficient (Wildman–Crippen LogP) is 2.03. The van der Waals surface area contributed by atoms with Crippen LogP contribution in [0.3, 0.4) is 0 Å². The Hall–Kier alpha value is -2.21. The lowest BCUT2D eigenvalue weighted by Crippen LogP contribution is -2.19. The number of nitro benzene ring substituents is 1. The number of non-ortho nitro benzene ring substituents is 1. The number of hydrogen-bond donors (Lipinski definition) is 1. The smallest absolute Gasteiger partial charge is 0.295 e. The number of hydrazine groups is 1. The molecule has 0 saturated carbocycles. The van der Waals surface area contributed by atoms with Crippen molar-refractivity contribution in [3.05, 3.63) is 40.6 Å². The van der Waals surface area contributed by atoms with E-state index >= 15 is 0 Å². The zero-order chi connectivity index (χ0) is 12.4. The fraction of sp³-hybridized carbons (Fsp3) is 0.182. The molecule has 0 unspecified atom stereocenters. The highest BCUT2D eigenvalue weighted by atomic mass is 16.6. The summed E-state index contributed by atoms with van der Waals surface area (Å²) in [6.45, 7) is 0. The minimum absolute atomic E-state index is 0.0184. The first-order valence-electron chi connectivity index (χ1n) is 5.05. The number of benzene rings is 1. The van der Waals surface area contributed by atoms with Crippen LogP contribution in [0.2, 0.25) is 0 Å². The van der Waals surface area contributed by atoms with Crippen LogP contribution in [0, 0.1) is 10.1 Å². The van der Waals surface area contributed by atoms with Gasteiger partial charge in [0.25, 0.3) is 5.69 Å². The predicted molar refractivity (Wildman–Crippen MR) is 65.7 cm³/mol. The van der Waals surface area contributed by atoms with Gasteiger partial charge in [-0.05, 0) is 18.2 Å². The van der Waals surface area contributed by atoms with Crippen molar-refractivity contribution in [3.8, 4) is 0 Å². The fourth-order valence-electron chi connectivity index (χ4n) is 1.64. The first-order valence-corrected chi connectivity index (χ1v) is 5.05. The molecule has 1 heterocycles. The van der Waals surface area contributed by atoms with E-state index in [1.54, 1.807) is 29.4 Å². The van der Waals surface area contributed by atoms with E-state index in [0.717, 1.165) is 11.1 Å². The van der Waals surface area contributed by atoms with Crippen LogP contribution >= 0.6 is 0 Å². The molecule has 0 spiro atoms. The molecule has 0 bridgehead atoms. The van der Waals surface area contributed by atoms with Crippen LogP contribution in [0.4, 0.5) is 11.4 Å². The molecule has 1 aromatic carbocycles. The van der Waals surface area contributed by atoms with E-state index < -0.39 is 4.92 Å². The van der Waals surface area contributed by atoms with Crippen molar-refractivity contribution in [2.24, 2.45) is 0 Å². The maximum atomic E-state index is 10.9. The maximum absolute atomic E-state index is 10.9. The van der Waals surface area contributed by atoms with Crippen molar-refractivity contribution < 1.29 is 4.92 Å². The summed E-state index contributed by atoms with van der Waals surface area (Å²) in [5, 5.41) is 13.4. The molecule has 0 atom stereocenters. The molecule has 2 rings (SSSR count). The highest BCUT2D eigenvalue weighted by molar-refractivity contribution is 5.96. The third kappa shape index (κ3) is 2.16. The molecule has 0 fully saturated rings. The van der Waals surface area contributed by atoms with Gasteiger partial charge in [-0.15, -0.1) is 0 Å². The third-order valence-electron chi connectivity index (χ3n) is 2.29. The van der Waals surface area contributed by atoms with Crippen LogP contribution in [-0.4, -0.2) is 29.0 Å². The Morgan fingerprint density at radius 2 is 2.12 bits per heavy atom. The van der Waals surface area contributed by atoms with Crippen LogP contribution < -0.4 is 5.43 Å². The summed E-state index contributed by atoms with van der Waals surface area (Å²) < 4.78 is 0. The number of fused-ring (bicyclic) bond motifs is 1. The first-order chi connectivity index (χ1) is 8.09. The molecule has 0 amide bonds. The average Bonchev–Trinajstić information content (AvgIpc) is 2.28. The van der Waals surface area contributed by atoms with Crippen molar-refractivity contribution in [1.82, 2.24) is 9.99 Å². The Labute approximate surface area is 98.0 Å². The van der Waals surface area contributed by atoms with E-state index in [-0.39, 0.29) is 5.69 Å². The number of hydrogen-bond acceptors (Lipinski definition) is 5. The van der Waals surface area contributed by atoms with Crippen molar-refractivity contribution in [3.63, 3.8) is 0 Å². The highest BCUT2D eigenvalue weighted by Gasteiger charge is 2.15. The van der Waals surface area contributed by atoms with Crippen LogP contribution in [0.5, 0.6) is 0 Å². The Morgan fingerprint density at radius 3 is 2.76 bits per heavy atom. The van der Waals surface area contributed by atoms with Crippen molar-refractivity contribution in [2.75, 3.05) is 19.5 Å². The Balaban J connectivity index is 2.66. The average molecular weight is 232 g/mol. The number of anilines is 1. The van der Waals surface area contributed by atoms with Gasteiger partial charge in [0, 0.05) is 31.7 Å². The minimum atomic E-state index is -0.422. The van der Waals surface area contributed by atoms with Crippen LogP contribution in [0.15, 0.2) is 30.5 Å². The number of aromatic nitrogens is 1. The van der Waals surface area contributed by atoms with E-state index in [2.05, 4.69) is 10.4 Å². The van der Waals surface area contributed by atoms with E-state index in [4.69, 9.17) is 0 Å². The number of rotatable bonds is 3. The lowest BCUT2D eigenvalue weighted by molar-refractivity contribution is -0.383. The number of nitro groups is 1. The standard InChI is InChI=1S/C11H12N4O2/c1-14(2)13-9-5-6-10(15(16)17)11-8(9)4-3-7-12-11/h3-7,13H,1-2H3. The normalized spacial score (nSPS) is 10.8. The van der Waals surface area contributed by atoms with Gasteiger partial charge in [0.15, 0.2) is 0 Å². The molecule has 0 radical (unpaired) electrons. The molecule has 0 aliphatic carbocycles. The van der Waals surface area contributed by atoms with Crippen molar-refractivity contribution in [2.45, 2.75) is 0 Å². The monoisotopic (exact) mass is 232 g/mol. The van der Waals surface area contributed by atoms with Gasteiger partial charge in [0.2, 0.25) is 0 Å². The van der Waals surface area contributed by atoms with Gasteiger partial charge in [-0.3, -0.25) is 10.1 Å². The summed E-state index contributed by atoms with van der Waals surface area (Å²) >= 11 is 0. The van der Waals surface area contributed by atoms with Gasteiger partial charge in [-0.1, -0.05) is 0 Å².